The predicted octanol–water partition coefficient (Wildman–Crippen LogP) is 0.723. The van der Waals surface area contributed by atoms with Gasteiger partial charge in [-0.05, 0) is 17.6 Å². The maximum Gasteiger partial charge on any atom is 0.239 e. The van der Waals surface area contributed by atoms with E-state index in [4.69, 9.17) is 5.73 Å². The van der Waals surface area contributed by atoms with Crippen LogP contribution in [0.1, 0.15) is 0 Å². The van der Waals surface area contributed by atoms with Crippen molar-refractivity contribution in [1.82, 2.24) is 14.7 Å². The number of pyridine rings is 1. The number of piperazine rings is 1. The van der Waals surface area contributed by atoms with Gasteiger partial charge < -0.3 is 16.0 Å². The first kappa shape index (κ1) is 11.9. The summed E-state index contributed by atoms with van der Waals surface area (Å²) in [7, 11) is 0. The highest BCUT2D eigenvalue weighted by molar-refractivity contribution is 7.11. The van der Waals surface area contributed by atoms with Gasteiger partial charge in [-0.25, -0.2) is 0 Å². The monoisotopic (exact) mass is 275 g/mol. The van der Waals surface area contributed by atoms with Crippen LogP contribution in [0.25, 0.3) is 11.1 Å². The fraction of sp³-hybridized carbons (Fsp3) is 0.250. The van der Waals surface area contributed by atoms with E-state index in [2.05, 4.69) is 14.7 Å². The molecule has 1 saturated heterocycles. The van der Waals surface area contributed by atoms with Gasteiger partial charge in [0.05, 0.1) is 12.1 Å². The highest BCUT2D eigenvalue weighted by atomic mass is 32.1. The summed E-state index contributed by atoms with van der Waals surface area (Å²) in [5.41, 5.74) is 7.75. The average Bonchev–Trinajstić information content (AvgIpc) is 2.82. The van der Waals surface area contributed by atoms with Crippen LogP contribution >= 0.6 is 11.5 Å². The fourth-order valence-corrected chi connectivity index (χ4v) is 2.96. The number of nitrogens with one attached hydrogen (secondary N) is 1. The smallest absolute Gasteiger partial charge is 0.239 e. The number of amides is 1. The molecule has 0 atom stereocenters. The zero-order valence-electron chi connectivity index (χ0n) is 10.2. The van der Waals surface area contributed by atoms with Crippen LogP contribution in [0.2, 0.25) is 0 Å². The van der Waals surface area contributed by atoms with E-state index in [0.29, 0.717) is 18.9 Å². The van der Waals surface area contributed by atoms with E-state index < -0.39 is 0 Å². The summed E-state index contributed by atoms with van der Waals surface area (Å²) in [4.78, 5) is 17.6. The van der Waals surface area contributed by atoms with Crippen LogP contribution in [0.5, 0.6) is 0 Å². The number of hydrogen-bond donors (Lipinski definition) is 2. The largest absolute Gasteiger partial charge is 0.382 e. The Balaban J connectivity index is 2.01. The molecule has 0 bridgehead atoms. The maximum atomic E-state index is 11.5. The summed E-state index contributed by atoms with van der Waals surface area (Å²) >= 11 is 1.32. The highest BCUT2D eigenvalue weighted by Crippen LogP contribution is 2.38. The van der Waals surface area contributed by atoms with Crippen molar-refractivity contribution in [3.8, 4) is 11.1 Å². The minimum absolute atomic E-state index is 0.0235. The summed E-state index contributed by atoms with van der Waals surface area (Å²) in [6, 6.07) is 3.81. The second kappa shape index (κ2) is 4.85. The molecule has 1 aliphatic rings. The Hall–Kier alpha value is -2.15. The summed E-state index contributed by atoms with van der Waals surface area (Å²) < 4.78 is 4.21. The average molecular weight is 275 g/mol. The molecule has 1 aliphatic heterocycles. The number of nitrogens with zero attached hydrogens (tertiary/aromatic N) is 3. The normalized spacial score (nSPS) is 15.4. The molecule has 2 aromatic rings. The second-order valence-electron chi connectivity index (χ2n) is 4.26. The first-order valence-corrected chi connectivity index (χ1v) is 6.70. The van der Waals surface area contributed by atoms with Gasteiger partial charge >= 0.3 is 0 Å². The van der Waals surface area contributed by atoms with Gasteiger partial charge in [0.2, 0.25) is 5.91 Å². The zero-order chi connectivity index (χ0) is 13.2. The molecule has 3 rings (SSSR count). The van der Waals surface area contributed by atoms with Gasteiger partial charge in [0, 0.05) is 31.0 Å². The highest BCUT2D eigenvalue weighted by Gasteiger charge is 2.23. The van der Waals surface area contributed by atoms with Crippen LogP contribution in [0.3, 0.4) is 0 Å². The van der Waals surface area contributed by atoms with Crippen LogP contribution in [0.15, 0.2) is 24.5 Å². The van der Waals surface area contributed by atoms with Gasteiger partial charge in [-0.3, -0.25) is 9.78 Å². The fourth-order valence-electron chi connectivity index (χ4n) is 2.10. The number of nitrogen functional groups attached to an aromatic ring is 1. The van der Waals surface area contributed by atoms with Gasteiger partial charge in [0.1, 0.15) is 10.8 Å². The summed E-state index contributed by atoms with van der Waals surface area (Å²) in [5.74, 6) is 0.509. The predicted molar refractivity (Wildman–Crippen MR) is 75.0 cm³/mol. The molecule has 3 heterocycles. The zero-order valence-corrected chi connectivity index (χ0v) is 11.0. The lowest BCUT2D eigenvalue weighted by molar-refractivity contribution is -0.120. The van der Waals surface area contributed by atoms with E-state index >= 15 is 0 Å². The lowest BCUT2D eigenvalue weighted by Gasteiger charge is -2.27. The molecule has 19 heavy (non-hydrogen) atoms. The van der Waals surface area contributed by atoms with Crippen LogP contribution in [-0.2, 0) is 4.79 Å². The third kappa shape index (κ3) is 2.24. The SMILES string of the molecule is Nc1nsc(N2CCNC(=O)C2)c1-c1cccnc1. The number of aromatic nitrogens is 2. The summed E-state index contributed by atoms with van der Waals surface area (Å²) in [5, 5.41) is 3.74. The van der Waals surface area contributed by atoms with Gasteiger partial charge in [0.15, 0.2) is 0 Å². The number of carbonyl (C=O) groups excluding carboxylic acids is 1. The molecule has 7 heteroatoms. The van der Waals surface area contributed by atoms with Crippen molar-refractivity contribution in [2.24, 2.45) is 0 Å². The minimum atomic E-state index is 0.0235. The lowest BCUT2D eigenvalue weighted by atomic mass is 10.1. The Kier molecular flexibility index (Phi) is 3.04. The van der Waals surface area contributed by atoms with Crippen molar-refractivity contribution in [2.75, 3.05) is 30.3 Å². The Morgan fingerprint density at radius 2 is 2.37 bits per heavy atom. The second-order valence-corrected chi connectivity index (χ2v) is 5.01. The molecule has 0 radical (unpaired) electrons. The van der Waals surface area contributed by atoms with Crippen molar-refractivity contribution in [3.63, 3.8) is 0 Å². The summed E-state index contributed by atoms with van der Waals surface area (Å²) in [6.07, 6.45) is 3.47. The first-order chi connectivity index (χ1) is 9.25. The first-order valence-electron chi connectivity index (χ1n) is 5.93. The molecule has 0 aliphatic carbocycles. The molecule has 0 saturated carbocycles. The molecule has 6 nitrogen and oxygen atoms in total. The van der Waals surface area contributed by atoms with Gasteiger partial charge in [-0.2, -0.15) is 4.37 Å². The van der Waals surface area contributed by atoms with Gasteiger partial charge in [-0.15, -0.1) is 0 Å². The minimum Gasteiger partial charge on any atom is -0.382 e. The number of hydrogen-bond acceptors (Lipinski definition) is 6. The molecular weight excluding hydrogens is 262 g/mol. The molecule has 0 unspecified atom stereocenters. The molecule has 2 aromatic heterocycles. The number of carbonyl (C=O) groups is 1. The van der Waals surface area contributed by atoms with Crippen molar-refractivity contribution in [3.05, 3.63) is 24.5 Å². The van der Waals surface area contributed by atoms with E-state index in [9.17, 15) is 4.79 Å². The standard InChI is InChI=1S/C12H13N5OS/c13-11-10(8-2-1-3-14-6-8)12(19-16-11)17-5-4-15-9(18)7-17/h1-3,6H,4-5,7H2,(H2,13,16)(H,15,18). The third-order valence-electron chi connectivity index (χ3n) is 2.98. The molecule has 1 fully saturated rings. The van der Waals surface area contributed by atoms with Crippen LogP contribution < -0.4 is 16.0 Å². The molecule has 1 amide bonds. The Morgan fingerprint density at radius 1 is 1.47 bits per heavy atom. The molecule has 3 N–H and O–H groups in total. The van der Waals surface area contributed by atoms with Crippen LogP contribution in [0.4, 0.5) is 10.8 Å². The quantitative estimate of drug-likeness (QED) is 0.844. The maximum absolute atomic E-state index is 11.5. The molecule has 0 spiro atoms. The van der Waals surface area contributed by atoms with E-state index in [1.807, 2.05) is 17.0 Å². The van der Waals surface area contributed by atoms with E-state index in [1.54, 1.807) is 12.4 Å². The van der Waals surface area contributed by atoms with Gasteiger partial charge in [0.25, 0.3) is 0 Å². The summed E-state index contributed by atoms with van der Waals surface area (Å²) in [6.45, 7) is 1.75. The molecular formula is C12H13N5OS. The number of anilines is 2. The van der Waals surface area contributed by atoms with Crippen molar-refractivity contribution < 1.29 is 4.79 Å². The lowest BCUT2D eigenvalue weighted by Crippen LogP contribution is -2.47. The van der Waals surface area contributed by atoms with E-state index in [-0.39, 0.29) is 5.91 Å². The van der Waals surface area contributed by atoms with Crippen molar-refractivity contribution >= 4 is 28.3 Å². The van der Waals surface area contributed by atoms with E-state index in [1.165, 1.54) is 11.5 Å². The Morgan fingerprint density at radius 3 is 3.11 bits per heavy atom. The third-order valence-corrected chi connectivity index (χ3v) is 3.90. The van der Waals surface area contributed by atoms with Crippen LogP contribution in [0, 0.1) is 0 Å². The topological polar surface area (TPSA) is 84.1 Å². The van der Waals surface area contributed by atoms with Crippen LogP contribution in [-0.4, -0.2) is 34.9 Å². The Labute approximate surface area is 114 Å². The Bertz CT molecular complexity index is 597. The van der Waals surface area contributed by atoms with E-state index in [0.717, 1.165) is 22.7 Å². The number of rotatable bonds is 2. The van der Waals surface area contributed by atoms with Gasteiger partial charge in [-0.1, -0.05) is 6.07 Å². The van der Waals surface area contributed by atoms with Crippen molar-refractivity contribution in [2.45, 2.75) is 0 Å². The molecule has 98 valence electrons. The molecule has 0 aromatic carbocycles. The van der Waals surface area contributed by atoms with Crippen molar-refractivity contribution in [1.29, 1.82) is 0 Å². The number of nitrogens with two attached hydrogens (primary N) is 1.